The highest BCUT2D eigenvalue weighted by Gasteiger charge is 2.30. The minimum absolute atomic E-state index is 0.423. The van der Waals surface area contributed by atoms with E-state index >= 15 is 0 Å². The Kier molecular flexibility index (Phi) is 2.51. The molecule has 0 aliphatic carbocycles. The van der Waals surface area contributed by atoms with Gasteiger partial charge in [0.25, 0.3) is 0 Å². The molecule has 14 heavy (non-hydrogen) atoms. The second kappa shape index (κ2) is 3.58. The van der Waals surface area contributed by atoms with E-state index in [1.54, 1.807) is 0 Å². The first-order valence-electron chi connectivity index (χ1n) is 4.56. The van der Waals surface area contributed by atoms with Crippen molar-refractivity contribution in [2.24, 2.45) is 0 Å². The van der Waals surface area contributed by atoms with E-state index in [1.165, 1.54) is 20.9 Å². The topological polar surface area (TPSA) is 0 Å². The predicted octanol–water partition coefficient (Wildman–Crippen LogP) is 3.84. The van der Waals surface area contributed by atoms with Crippen molar-refractivity contribution in [2.75, 3.05) is 11.5 Å². The second-order valence-electron chi connectivity index (χ2n) is 3.55. The largest absolute Gasteiger partial charge is 0.170 e. The summed E-state index contributed by atoms with van der Waals surface area (Å²) < 4.78 is 0. The molecule has 2 atom stereocenters. The van der Waals surface area contributed by atoms with Crippen LogP contribution in [-0.4, -0.2) is 11.5 Å². The van der Waals surface area contributed by atoms with E-state index in [9.17, 15) is 0 Å². The van der Waals surface area contributed by atoms with Gasteiger partial charge in [0.2, 0.25) is 0 Å². The van der Waals surface area contributed by atoms with Crippen LogP contribution in [0, 0.1) is 0 Å². The van der Waals surface area contributed by atoms with E-state index in [1.807, 2.05) is 23.5 Å². The minimum atomic E-state index is 0.423. The van der Waals surface area contributed by atoms with Gasteiger partial charge in [0.1, 0.15) is 0 Å². The van der Waals surface area contributed by atoms with Crippen LogP contribution in [0.4, 0.5) is 0 Å². The van der Waals surface area contributed by atoms with Crippen LogP contribution in [-0.2, 0) is 0 Å². The molecule has 0 bridgehead atoms. The minimum Gasteiger partial charge on any atom is -0.170 e. The summed E-state index contributed by atoms with van der Waals surface area (Å²) in [6.45, 7) is 0. The average molecular weight is 258 g/mol. The fourth-order valence-electron chi connectivity index (χ4n) is 1.97. The van der Waals surface area contributed by atoms with E-state index < -0.39 is 0 Å². The molecule has 2 heterocycles. The maximum absolute atomic E-state index is 4.64. The molecule has 0 N–H and O–H groups in total. The Hall–Kier alpha value is 0.620. The monoisotopic (exact) mass is 258 g/mol. The highest BCUT2D eigenvalue weighted by atomic mass is 32.2. The molecule has 4 heteroatoms. The first-order valence-corrected chi connectivity index (χ1v) is 7.56. The Bertz CT molecular complexity index is 388. The van der Waals surface area contributed by atoms with Gasteiger partial charge in [0, 0.05) is 31.8 Å². The number of benzene rings is 1. The summed E-state index contributed by atoms with van der Waals surface area (Å²) in [7, 11) is 0. The third kappa shape index (κ3) is 1.34. The van der Waals surface area contributed by atoms with E-state index in [2.05, 4.69) is 37.4 Å². The lowest BCUT2D eigenvalue weighted by Gasteiger charge is -2.09. The van der Waals surface area contributed by atoms with Gasteiger partial charge in [-0.25, -0.2) is 0 Å². The fraction of sp³-hybridized carbons (Fsp3) is 0.400. The van der Waals surface area contributed by atoms with Gasteiger partial charge in [0.05, 0.1) is 0 Å². The summed E-state index contributed by atoms with van der Waals surface area (Å²) in [5.74, 6) is 2.23. The number of thiol groups is 2. The van der Waals surface area contributed by atoms with Crippen molar-refractivity contribution in [3.8, 4) is 0 Å². The fourth-order valence-corrected chi connectivity index (χ4v) is 5.58. The molecule has 74 valence electrons. The Morgan fingerprint density at radius 3 is 2.71 bits per heavy atom. The maximum Gasteiger partial charge on any atom is 0.0383 e. The predicted molar refractivity (Wildman–Crippen MR) is 71.3 cm³/mol. The highest BCUT2D eigenvalue weighted by molar-refractivity contribution is 8.01. The lowest BCUT2D eigenvalue weighted by atomic mass is 10.1. The van der Waals surface area contributed by atoms with Crippen LogP contribution in [0.15, 0.2) is 21.9 Å². The maximum atomic E-state index is 4.64. The standard InChI is InChI=1S/C10H10S4/c11-6-3-14-10-5(6)1-2-8-9(10)7(12)4-13-8/h1-2,6-7,11-12H,3-4H2. The zero-order valence-electron chi connectivity index (χ0n) is 7.43. The van der Waals surface area contributed by atoms with Crippen molar-refractivity contribution in [2.45, 2.75) is 20.3 Å². The van der Waals surface area contributed by atoms with E-state index in [0.29, 0.717) is 10.5 Å². The van der Waals surface area contributed by atoms with Crippen molar-refractivity contribution in [1.82, 2.24) is 0 Å². The molecule has 1 aromatic rings. The zero-order valence-corrected chi connectivity index (χ0v) is 10.9. The Morgan fingerprint density at radius 1 is 1.07 bits per heavy atom. The van der Waals surface area contributed by atoms with Gasteiger partial charge in [-0.1, -0.05) is 6.07 Å². The quantitative estimate of drug-likeness (QED) is 0.679. The molecule has 2 unspecified atom stereocenters. The summed E-state index contributed by atoms with van der Waals surface area (Å²) in [5.41, 5.74) is 2.89. The van der Waals surface area contributed by atoms with Crippen molar-refractivity contribution in [1.29, 1.82) is 0 Å². The summed E-state index contributed by atoms with van der Waals surface area (Å²) in [4.78, 5) is 2.89. The molecule has 0 saturated carbocycles. The molecule has 0 fully saturated rings. The molecule has 0 saturated heterocycles. The lowest BCUT2D eigenvalue weighted by Crippen LogP contribution is -1.92. The van der Waals surface area contributed by atoms with Crippen LogP contribution >= 0.6 is 48.8 Å². The molecule has 0 nitrogen and oxygen atoms in total. The molecular weight excluding hydrogens is 248 g/mol. The van der Waals surface area contributed by atoms with Gasteiger partial charge in [-0.2, -0.15) is 25.3 Å². The molecule has 0 aromatic heterocycles. The summed E-state index contributed by atoms with van der Waals surface area (Å²) in [6, 6.07) is 4.48. The number of hydrogen-bond donors (Lipinski definition) is 2. The summed E-state index contributed by atoms with van der Waals surface area (Å²) >= 11 is 13.1. The van der Waals surface area contributed by atoms with Crippen LogP contribution in [0.1, 0.15) is 21.6 Å². The molecular formula is C10H10S4. The van der Waals surface area contributed by atoms with Crippen molar-refractivity contribution < 1.29 is 0 Å². The first-order chi connectivity index (χ1) is 6.77. The lowest BCUT2D eigenvalue weighted by molar-refractivity contribution is 1.01. The average Bonchev–Trinajstić information content (AvgIpc) is 2.72. The highest BCUT2D eigenvalue weighted by Crippen LogP contribution is 2.52. The van der Waals surface area contributed by atoms with E-state index in [-0.39, 0.29) is 0 Å². The first kappa shape index (κ1) is 9.82. The van der Waals surface area contributed by atoms with Gasteiger partial charge in [-0.15, -0.1) is 23.5 Å². The molecule has 2 aliphatic rings. The van der Waals surface area contributed by atoms with Crippen molar-refractivity contribution >= 4 is 48.8 Å². The van der Waals surface area contributed by atoms with Crippen LogP contribution in [0.2, 0.25) is 0 Å². The zero-order chi connectivity index (χ0) is 9.71. The number of rotatable bonds is 0. The van der Waals surface area contributed by atoms with Gasteiger partial charge in [-0.3, -0.25) is 0 Å². The summed E-state index contributed by atoms with van der Waals surface area (Å²) in [5, 5.41) is 0.850. The van der Waals surface area contributed by atoms with Crippen molar-refractivity contribution in [3.05, 3.63) is 23.3 Å². The van der Waals surface area contributed by atoms with Crippen LogP contribution in [0.5, 0.6) is 0 Å². The molecule has 0 amide bonds. The molecule has 0 radical (unpaired) electrons. The van der Waals surface area contributed by atoms with Crippen LogP contribution in [0.3, 0.4) is 0 Å². The Morgan fingerprint density at radius 2 is 1.86 bits per heavy atom. The van der Waals surface area contributed by atoms with Crippen LogP contribution < -0.4 is 0 Å². The van der Waals surface area contributed by atoms with E-state index in [4.69, 9.17) is 0 Å². The van der Waals surface area contributed by atoms with Crippen LogP contribution in [0.25, 0.3) is 0 Å². The number of hydrogen-bond acceptors (Lipinski definition) is 4. The summed E-state index contributed by atoms with van der Waals surface area (Å²) in [6.07, 6.45) is 0. The Labute approximate surface area is 103 Å². The molecule has 2 aliphatic heterocycles. The SMILES string of the molecule is SC1CSc2c1ccc1c2C(S)CS1. The van der Waals surface area contributed by atoms with Gasteiger partial charge in [-0.05, 0) is 17.2 Å². The smallest absolute Gasteiger partial charge is 0.0383 e. The van der Waals surface area contributed by atoms with E-state index in [0.717, 1.165) is 11.5 Å². The van der Waals surface area contributed by atoms with Gasteiger partial charge in [0.15, 0.2) is 0 Å². The van der Waals surface area contributed by atoms with Crippen molar-refractivity contribution in [3.63, 3.8) is 0 Å². The van der Waals surface area contributed by atoms with Gasteiger partial charge < -0.3 is 0 Å². The van der Waals surface area contributed by atoms with Gasteiger partial charge >= 0.3 is 0 Å². The third-order valence-corrected chi connectivity index (χ3v) is 6.47. The molecule has 1 aromatic carbocycles. The second-order valence-corrected chi connectivity index (χ2v) is 6.89. The molecule has 0 spiro atoms. The molecule has 3 rings (SSSR count). The number of thioether (sulfide) groups is 2. The normalized spacial score (nSPS) is 29.0. The number of fused-ring (bicyclic) bond motifs is 3. The Balaban J connectivity index is 2.21. The third-order valence-electron chi connectivity index (χ3n) is 2.66.